The molecular formula is C20H29BrN6O2S. The van der Waals surface area contributed by atoms with Gasteiger partial charge in [-0.05, 0) is 40.4 Å². The van der Waals surface area contributed by atoms with Crippen molar-refractivity contribution in [3.8, 4) is 0 Å². The SMILES string of the molecule is C=C(Br)/C=N\N(C)C(C=C(NC)C1CCN(S(C)(=O)=O)CC1)=NCc1cccnc1. The van der Waals surface area contributed by atoms with E-state index in [1.54, 1.807) is 23.6 Å². The summed E-state index contributed by atoms with van der Waals surface area (Å²) in [6.07, 6.45) is 9.86. The molecule has 30 heavy (non-hydrogen) atoms. The first-order chi connectivity index (χ1) is 14.2. The largest absolute Gasteiger partial charge is 0.391 e. The molecule has 1 aromatic heterocycles. The van der Waals surface area contributed by atoms with Crippen LogP contribution in [-0.4, -0.2) is 68.2 Å². The second-order valence-electron chi connectivity index (χ2n) is 7.04. The van der Waals surface area contributed by atoms with Gasteiger partial charge in [0.25, 0.3) is 0 Å². The van der Waals surface area contributed by atoms with Crippen LogP contribution in [-0.2, 0) is 16.6 Å². The van der Waals surface area contributed by atoms with Gasteiger partial charge in [0, 0.05) is 61.8 Å². The zero-order chi connectivity index (χ0) is 22.1. The summed E-state index contributed by atoms with van der Waals surface area (Å²) in [6.45, 7) is 5.27. The van der Waals surface area contributed by atoms with Gasteiger partial charge < -0.3 is 5.32 Å². The van der Waals surface area contributed by atoms with Gasteiger partial charge >= 0.3 is 0 Å². The number of allylic oxidation sites excluding steroid dienone is 2. The zero-order valence-electron chi connectivity index (χ0n) is 17.6. The fourth-order valence-electron chi connectivity index (χ4n) is 3.15. The molecule has 0 aliphatic carbocycles. The summed E-state index contributed by atoms with van der Waals surface area (Å²) in [6, 6.07) is 3.85. The van der Waals surface area contributed by atoms with Crippen molar-refractivity contribution in [3.05, 3.63) is 52.9 Å². The summed E-state index contributed by atoms with van der Waals surface area (Å²) < 4.78 is 25.8. The Labute approximate surface area is 187 Å². The van der Waals surface area contributed by atoms with Gasteiger partial charge in [-0.2, -0.15) is 5.10 Å². The van der Waals surface area contributed by atoms with E-state index in [9.17, 15) is 8.42 Å². The zero-order valence-corrected chi connectivity index (χ0v) is 20.0. The molecule has 1 aliphatic rings. The molecule has 1 aliphatic heterocycles. The summed E-state index contributed by atoms with van der Waals surface area (Å²) in [5, 5.41) is 9.32. The number of sulfonamides is 1. The Morgan fingerprint density at radius 2 is 2.17 bits per heavy atom. The Morgan fingerprint density at radius 1 is 1.47 bits per heavy atom. The molecular weight excluding hydrogens is 468 g/mol. The number of pyridine rings is 1. The van der Waals surface area contributed by atoms with Gasteiger partial charge in [0.05, 0.1) is 19.0 Å². The lowest BCUT2D eigenvalue weighted by Crippen LogP contribution is -2.39. The van der Waals surface area contributed by atoms with Crippen molar-refractivity contribution in [2.75, 3.05) is 33.4 Å². The summed E-state index contributed by atoms with van der Waals surface area (Å²) in [4.78, 5) is 8.86. The van der Waals surface area contributed by atoms with Crippen molar-refractivity contribution in [2.45, 2.75) is 19.4 Å². The smallest absolute Gasteiger partial charge is 0.211 e. The minimum Gasteiger partial charge on any atom is -0.391 e. The lowest BCUT2D eigenvalue weighted by Gasteiger charge is -2.31. The van der Waals surface area contributed by atoms with E-state index in [1.165, 1.54) is 10.6 Å². The van der Waals surface area contributed by atoms with Crippen LogP contribution in [0.15, 0.2) is 57.5 Å². The summed E-state index contributed by atoms with van der Waals surface area (Å²) in [7, 11) is 0.547. The van der Waals surface area contributed by atoms with E-state index in [0.717, 1.165) is 24.1 Å². The van der Waals surface area contributed by atoms with Crippen LogP contribution in [0.25, 0.3) is 0 Å². The maximum absolute atomic E-state index is 11.8. The number of halogens is 1. The lowest BCUT2D eigenvalue weighted by molar-refractivity contribution is 0.294. The number of nitrogens with zero attached hydrogens (tertiary/aromatic N) is 5. The highest BCUT2D eigenvalue weighted by Crippen LogP contribution is 2.24. The first-order valence-electron chi connectivity index (χ1n) is 9.60. The van der Waals surface area contributed by atoms with Gasteiger partial charge in [0.15, 0.2) is 0 Å². The highest BCUT2D eigenvalue weighted by atomic mass is 79.9. The highest BCUT2D eigenvalue weighted by Gasteiger charge is 2.27. The summed E-state index contributed by atoms with van der Waals surface area (Å²) in [5.41, 5.74) is 2.01. The molecule has 164 valence electrons. The van der Waals surface area contributed by atoms with Gasteiger partial charge in [-0.25, -0.2) is 12.7 Å². The number of nitrogens with one attached hydrogen (secondary N) is 1. The predicted molar refractivity (Wildman–Crippen MR) is 126 cm³/mol. The molecule has 2 heterocycles. The lowest BCUT2D eigenvalue weighted by atomic mass is 9.94. The molecule has 2 rings (SSSR count). The molecule has 1 saturated heterocycles. The predicted octanol–water partition coefficient (Wildman–Crippen LogP) is 2.58. The van der Waals surface area contributed by atoms with Gasteiger partial charge in [-0.3, -0.25) is 15.0 Å². The van der Waals surface area contributed by atoms with Crippen molar-refractivity contribution < 1.29 is 8.42 Å². The number of hydrazone groups is 1. The second kappa shape index (κ2) is 11.4. The molecule has 0 spiro atoms. The van der Waals surface area contributed by atoms with Crippen molar-refractivity contribution in [1.82, 2.24) is 19.6 Å². The van der Waals surface area contributed by atoms with Gasteiger partial charge in [-0.15, -0.1) is 0 Å². The number of likely N-dealkylation sites (N-methyl/N-ethyl adjacent to an activating group) is 1. The number of rotatable bonds is 8. The summed E-state index contributed by atoms with van der Waals surface area (Å²) in [5.74, 6) is 0.902. The Hall–Kier alpha value is -2.04. The number of aromatic nitrogens is 1. The molecule has 8 nitrogen and oxygen atoms in total. The van der Waals surface area contributed by atoms with Crippen molar-refractivity contribution >= 4 is 38.0 Å². The molecule has 1 fully saturated rings. The average molecular weight is 497 g/mol. The quantitative estimate of drug-likeness (QED) is 0.339. The normalized spacial score (nSPS) is 17.3. The monoisotopic (exact) mass is 496 g/mol. The number of hydrogen-bond acceptors (Lipinski definition) is 6. The minimum absolute atomic E-state index is 0.222. The highest BCUT2D eigenvalue weighted by molar-refractivity contribution is 9.12. The van der Waals surface area contributed by atoms with Crippen molar-refractivity contribution in [2.24, 2.45) is 16.0 Å². The average Bonchev–Trinajstić information content (AvgIpc) is 2.72. The Balaban J connectivity index is 2.24. The standard InChI is InChI=1S/C20H29BrN6O2S/c1-16(21)13-25-26(3)20(24-15-17-6-5-9-23-14-17)12-19(22-2)18-7-10-27(11-8-18)30(4,28)29/h5-6,9,12-14,18,22H,1,7-8,10-11,15H2,2-4H3/b19-12?,24-20?,25-13-. The van der Waals surface area contributed by atoms with Crippen LogP contribution in [0.1, 0.15) is 18.4 Å². The van der Waals surface area contributed by atoms with Crippen LogP contribution in [0.4, 0.5) is 0 Å². The fraction of sp³-hybridized carbons (Fsp3) is 0.450. The molecule has 0 aromatic carbocycles. The molecule has 0 amide bonds. The third-order valence-corrected chi connectivity index (χ3v) is 6.29. The van der Waals surface area contributed by atoms with Crippen LogP contribution in [0.5, 0.6) is 0 Å². The third-order valence-electron chi connectivity index (χ3n) is 4.79. The number of amidine groups is 1. The van der Waals surface area contributed by atoms with Gasteiger partial charge in [-0.1, -0.05) is 12.6 Å². The van der Waals surface area contributed by atoms with E-state index in [2.05, 4.69) is 37.9 Å². The van der Waals surface area contributed by atoms with Crippen LogP contribution in [0.3, 0.4) is 0 Å². The molecule has 0 radical (unpaired) electrons. The topological polar surface area (TPSA) is 90.3 Å². The molecule has 0 bridgehead atoms. The maximum atomic E-state index is 11.8. The molecule has 10 heteroatoms. The first-order valence-corrected chi connectivity index (χ1v) is 12.2. The van der Waals surface area contributed by atoms with E-state index in [0.29, 0.717) is 30.0 Å². The van der Waals surface area contributed by atoms with Crippen LogP contribution >= 0.6 is 15.9 Å². The van der Waals surface area contributed by atoms with E-state index >= 15 is 0 Å². The first kappa shape index (κ1) is 24.2. The van der Waals surface area contributed by atoms with Crippen molar-refractivity contribution in [3.63, 3.8) is 0 Å². The molecule has 0 saturated carbocycles. The molecule has 1 aromatic rings. The van der Waals surface area contributed by atoms with Gasteiger partial charge in [0.1, 0.15) is 5.84 Å². The van der Waals surface area contributed by atoms with E-state index in [1.807, 2.05) is 32.3 Å². The van der Waals surface area contributed by atoms with Crippen LogP contribution < -0.4 is 5.32 Å². The van der Waals surface area contributed by atoms with Crippen LogP contribution in [0.2, 0.25) is 0 Å². The van der Waals surface area contributed by atoms with Gasteiger partial charge in [0.2, 0.25) is 10.0 Å². The van der Waals surface area contributed by atoms with Crippen molar-refractivity contribution in [1.29, 1.82) is 0 Å². The van der Waals surface area contributed by atoms with Crippen LogP contribution in [0, 0.1) is 5.92 Å². The van der Waals surface area contributed by atoms with E-state index in [-0.39, 0.29) is 5.92 Å². The second-order valence-corrected chi connectivity index (χ2v) is 10.0. The number of piperidine rings is 1. The summed E-state index contributed by atoms with van der Waals surface area (Å²) >= 11 is 3.28. The molecule has 0 unspecified atom stereocenters. The van der Waals surface area contributed by atoms with E-state index in [4.69, 9.17) is 4.99 Å². The number of hydrogen-bond donors (Lipinski definition) is 1. The van der Waals surface area contributed by atoms with E-state index < -0.39 is 10.0 Å². The third kappa shape index (κ3) is 7.66. The Kier molecular flexibility index (Phi) is 9.19. The molecule has 1 N–H and O–H groups in total. The molecule has 0 atom stereocenters. The number of aliphatic imine (C=N–C) groups is 1. The Bertz CT molecular complexity index is 906. The minimum atomic E-state index is -3.15. The maximum Gasteiger partial charge on any atom is 0.211 e. The Morgan fingerprint density at radius 3 is 2.70 bits per heavy atom. The fourth-order valence-corrected chi connectivity index (χ4v) is 4.11.